The maximum atomic E-state index is 13.7. The molecule has 2 nitrogen and oxygen atoms in total. The second-order valence-corrected chi connectivity index (χ2v) is 5.19. The molecule has 0 bridgehead atoms. The third-order valence-electron chi connectivity index (χ3n) is 2.93. The number of aryl methyl sites for hydroxylation is 1. The maximum absolute atomic E-state index is 13.7. The second kappa shape index (κ2) is 5.67. The molecule has 1 aromatic heterocycles. The summed E-state index contributed by atoms with van der Waals surface area (Å²) in [6.07, 6.45) is 2.30. The third kappa shape index (κ3) is 3.00. The predicted octanol–water partition coefficient (Wildman–Crippen LogP) is 3.99. The van der Waals surface area contributed by atoms with E-state index in [-0.39, 0.29) is 11.9 Å². The Morgan fingerprint density at radius 2 is 2.17 bits per heavy atom. The number of furan rings is 1. The Morgan fingerprint density at radius 3 is 2.78 bits per heavy atom. The Kier molecular flexibility index (Phi) is 4.19. The maximum Gasteiger partial charge on any atom is 0.126 e. The average Bonchev–Trinajstić information content (AvgIpc) is 2.77. The van der Waals surface area contributed by atoms with Crippen LogP contribution in [0.5, 0.6) is 0 Å². The van der Waals surface area contributed by atoms with Crippen LogP contribution >= 0.6 is 15.9 Å². The van der Waals surface area contributed by atoms with Gasteiger partial charge in [0.25, 0.3) is 0 Å². The number of benzene rings is 1. The van der Waals surface area contributed by atoms with Crippen LogP contribution in [0.4, 0.5) is 4.39 Å². The van der Waals surface area contributed by atoms with Gasteiger partial charge in [0.05, 0.1) is 6.26 Å². The molecule has 2 rings (SSSR count). The highest BCUT2D eigenvalue weighted by Gasteiger charge is 2.15. The molecule has 1 aromatic carbocycles. The molecular weight excluding hydrogens is 297 g/mol. The molecule has 0 aliphatic rings. The molecule has 1 heterocycles. The Hall–Kier alpha value is -1.13. The van der Waals surface area contributed by atoms with Gasteiger partial charge in [0.1, 0.15) is 11.6 Å². The average molecular weight is 312 g/mol. The van der Waals surface area contributed by atoms with Crippen molar-refractivity contribution in [2.24, 2.45) is 0 Å². The van der Waals surface area contributed by atoms with Gasteiger partial charge < -0.3 is 9.73 Å². The van der Waals surface area contributed by atoms with E-state index in [1.54, 1.807) is 12.3 Å². The lowest BCUT2D eigenvalue weighted by Gasteiger charge is -2.15. The molecule has 1 N–H and O–H groups in total. The van der Waals surface area contributed by atoms with Gasteiger partial charge in [-0.2, -0.15) is 0 Å². The topological polar surface area (TPSA) is 25.2 Å². The van der Waals surface area contributed by atoms with Crippen LogP contribution in [-0.2, 0) is 6.42 Å². The molecule has 96 valence electrons. The minimum atomic E-state index is -0.182. The fourth-order valence-corrected chi connectivity index (χ4v) is 2.36. The van der Waals surface area contributed by atoms with Crippen molar-refractivity contribution in [1.82, 2.24) is 5.32 Å². The molecule has 18 heavy (non-hydrogen) atoms. The van der Waals surface area contributed by atoms with Crippen LogP contribution in [0.25, 0.3) is 0 Å². The Bertz CT molecular complexity index is 538. The zero-order chi connectivity index (χ0) is 13.1. The summed E-state index contributed by atoms with van der Waals surface area (Å²) in [6, 6.07) is 7.01. The fraction of sp³-hybridized carbons (Fsp3) is 0.286. The van der Waals surface area contributed by atoms with Gasteiger partial charge in [0, 0.05) is 16.1 Å². The van der Waals surface area contributed by atoms with Gasteiger partial charge in [-0.25, -0.2) is 4.39 Å². The lowest BCUT2D eigenvalue weighted by Crippen LogP contribution is -2.18. The number of hydrogen-bond donors (Lipinski definition) is 1. The van der Waals surface area contributed by atoms with E-state index >= 15 is 0 Å². The van der Waals surface area contributed by atoms with E-state index in [1.165, 1.54) is 6.07 Å². The Balaban J connectivity index is 2.22. The van der Waals surface area contributed by atoms with Gasteiger partial charge in [-0.15, -0.1) is 0 Å². The van der Waals surface area contributed by atoms with Crippen molar-refractivity contribution < 1.29 is 8.81 Å². The Morgan fingerprint density at radius 1 is 1.39 bits per heavy atom. The molecule has 4 heteroatoms. The van der Waals surface area contributed by atoms with E-state index in [0.717, 1.165) is 15.8 Å². The Labute approximate surface area is 114 Å². The number of nitrogens with one attached hydrogen (secondary N) is 1. The standard InChI is InChI=1S/C14H15BrFNO/c1-9-5-11(8-18-9)14(17-2)7-10-6-12(15)3-4-13(10)16/h3-6,8,14,17H,7H2,1-2H3. The number of likely N-dealkylation sites (N-methyl/N-ethyl adjacent to an activating group) is 1. The minimum absolute atomic E-state index is 0.0475. The normalized spacial score (nSPS) is 12.7. The van der Waals surface area contributed by atoms with Crippen LogP contribution < -0.4 is 5.32 Å². The smallest absolute Gasteiger partial charge is 0.126 e. The molecule has 2 aromatic rings. The first-order valence-electron chi connectivity index (χ1n) is 5.76. The number of rotatable bonds is 4. The summed E-state index contributed by atoms with van der Waals surface area (Å²) in [4.78, 5) is 0. The van der Waals surface area contributed by atoms with Crippen LogP contribution in [0.2, 0.25) is 0 Å². The van der Waals surface area contributed by atoms with Crippen molar-refractivity contribution in [2.45, 2.75) is 19.4 Å². The van der Waals surface area contributed by atoms with E-state index in [2.05, 4.69) is 21.2 Å². The van der Waals surface area contributed by atoms with Gasteiger partial charge in [0.2, 0.25) is 0 Å². The molecule has 0 spiro atoms. The molecule has 1 atom stereocenters. The summed E-state index contributed by atoms with van der Waals surface area (Å²) in [7, 11) is 1.86. The third-order valence-corrected chi connectivity index (χ3v) is 3.43. The summed E-state index contributed by atoms with van der Waals surface area (Å²) in [5.41, 5.74) is 1.72. The zero-order valence-electron chi connectivity index (χ0n) is 10.3. The molecule has 0 radical (unpaired) electrons. The monoisotopic (exact) mass is 311 g/mol. The van der Waals surface area contributed by atoms with Gasteiger partial charge in [-0.3, -0.25) is 0 Å². The van der Waals surface area contributed by atoms with Gasteiger partial charge in [0.15, 0.2) is 0 Å². The van der Waals surface area contributed by atoms with E-state index in [0.29, 0.717) is 12.0 Å². The van der Waals surface area contributed by atoms with Gasteiger partial charge in [-0.05, 0) is 50.2 Å². The van der Waals surface area contributed by atoms with E-state index in [9.17, 15) is 4.39 Å². The molecular formula is C14H15BrFNO. The van der Waals surface area contributed by atoms with Crippen LogP contribution in [-0.4, -0.2) is 7.05 Å². The van der Waals surface area contributed by atoms with E-state index in [1.807, 2.05) is 26.1 Å². The molecule has 0 fully saturated rings. The predicted molar refractivity (Wildman–Crippen MR) is 73.0 cm³/mol. The largest absolute Gasteiger partial charge is 0.469 e. The minimum Gasteiger partial charge on any atom is -0.469 e. The van der Waals surface area contributed by atoms with Crippen molar-refractivity contribution in [3.63, 3.8) is 0 Å². The number of hydrogen-bond acceptors (Lipinski definition) is 2. The summed E-state index contributed by atoms with van der Waals surface area (Å²) >= 11 is 3.36. The highest BCUT2D eigenvalue weighted by atomic mass is 79.9. The van der Waals surface area contributed by atoms with Gasteiger partial charge >= 0.3 is 0 Å². The van der Waals surface area contributed by atoms with Crippen molar-refractivity contribution in [3.05, 3.63) is 57.7 Å². The van der Waals surface area contributed by atoms with Crippen molar-refractivity contribution in [3.8, 4) is 0 Å². The molecule has 0 aliphatic heterocycles. The molecule has 0 saturated carbocycles. The highest BCUT2D eigenvalue weighted by Crippen LogP contribution is 2.23. The molecule has 0 saturated heterocycles. The van der Waals surface area contributed by atoms with E-state index < -0.39 is 0 Å². The first-order chi connectivity index (χ1) is 8.60. The lowest BCUT2D eigenvalue weighted by atomic mass is 10.0. The van der Waals surface area contributed by atoms with Crippen LogP contribution in [0.15, 0.2) is 39.4 Å². The summed E-state index contributed by atoms with van der Waals surface area (Å²) < 4.78 is 19.9. The van der Waals surface area contributed by atoms with Crippen molar-refractivity contribution >= 4 is 15.9 Å². The van der Waals surface area contributed by atoms with Crippen LogP contribution in [0.1, 0.15) is 22.9 Å². The zero-order valence-corrected chi connectivity index (χ0v) is 11.9. The first kappa shape index (κ1) is 13.3. The summed E-state index contributed by atoms with van der Waals surface area (Å²) in [5, 5.41) is 3.18. The lowest BCUT2D eigenvalue weighted by molar-refractivity contribution is 0.515. The van der Waals surface area contributed by atoms with Crippen LogP contribution in [0, 0.1) is 12.7 Å². The summed E-state index contributed by atoms with van der Waals surface area (Å²) in [6.45, 7) is 1.90. The number of halogens is 2. The summed E-state index contributed by atoms with van der Waals surface area (Å²) in [5.74, 6) is 0.679. The quantitative estimate of drug-likeness (QED) is 0.923. The SMILES string of the molecule is CNC(Cc1cc(Br)ccc1F)c1coc(C)c1. The molecule has 1 unspecified atom stereocenters. The van der Waals surface area contributed by atoms with Crippen molar-refractivity contribution in [2.75, 3.05) is 7.05 Å². The van der Waals surface area contributed by atoms with Crippen molar-refractivity contribution in [1.29, 1.82) is 0 Å². The molecule has 0 amide bonds. The fourth-order valence-electron chi connectivity index (χ4n) is 1.95. The first-order valence-corrected chi connectivity index (χ1v) is 6.55. The van der Waals surface area contributed by atoms with Crippen LogP contribution in [0.3, 0.4) is 0 Å². The van der Waals surface area contributed by atoms with E-state index in [4.69, 9.17) is 4.42 Å². The highest BCUT2D eigenvalue weighted by molar-refractivity contribution is 9.10. The second-order valence-electron chi connectivity index (χ2n) is 4.27. The molecule has 0 aliphatic carbocycles. The van der Waals surface area contributed by atoms with Gasteiger partial charge in [-0.1, -0.05) is 15.9 Å².